The van der Waals surface area contributed by atoms with Gasteiger partial charge in [0.1, 0.15) is 0 Å². The van der Waals surface area contributed by atoms with Crippen LogP contribution in [-0.4, -0.2) is 54.2 Å². The minimum Gasteiger partial charge on any atom is -0.518 e. The third-order valence-electron chi connectivity index (χ3n) is 5.88. The van der Waals surface area contributed by atoms with E-state index >= 15 is 0 Å². The zero-order valence-electron chi connectivity index (χ0n) is 19.1. The van der Waals surface area contributed by atoms with Crippen LogP contribution in [0.5, 0.6) is 0 Å². The summed E-state index contributed by atoms with van der Waals surface area (Å²) in [5, 5.41) is 0. The molecule has 0 aliphatic carbocycles. The van der Waals surface area contributed by atoms with Crippen molar-refractivity contribution in [1.82, 2.24) is 4.90 Å². The van der Waals surface area contributed by atoms with E-state index in [1.165, 1.54) is 0 Å². The molecule has 0 saturated heterocycles. The SMILES string of the molecule is CCN(CCC[Si](C)(C)OC)CCC(=O)O[Si](C(C)C)(C(C)C)C(C)C. The molecule has 0 amide bonds. The van der Waals surface area contributed by atoms with Crippen LogP contribution in [0.2, 0.25) is 35.8 Å². The van der Waals surface area contributed by atoms with E-state index in [9.17, 15) is 4.79 Å². The minimum atomic E-state index is -2.11. The van der Waals surface area contributed by atoms with Crippen LogP contribution >= 0.6 is 0 Å². The van der Waals surface area contributed by atoms with Crippen LogP contribution in [0.3, 0.4) is 0 Å². The predicted octanol–water partition coefficient (Wildman–Crippen LogP) is 5.66. The summed E-state index contributed by atoms with van der Waals surface area (Å²) in [6, 6.07) is 1.16. The van der Waals surface area contributed by atoms with Gasteiger partial charge in [0, 0.05) is 13.7 Å². The largest absolute Gasteiger partial charge is 0.518 e. The molecule has 0 rings (SSSR count). The van der Waals surface area contributed by atoms with Crippen LogP contribution in [0.1, 0.15) is 61.3 Å². The zero-order chi connectivity index (χ0) is 20.5. The van der Waals surface area contributed by atoms with Gasteiger partial charge in [0.05, 0.1) is 6.42 Å². The van der Waals surface area contributed by atoms with Gasteiger partial charge in [0.25, 0.3) is 14.3 Å². The highest BCUT2D eigenvalue weighted by Gasteiger charge is 2.48. The molecule has 0 spiro atoms. The van der Waals surface area contributed by atoms with Gasteiger partial charge in [-0.2, -0.15) is 0 Å². The Hall–Kier alpha value is -0.176. The molecular weight excluding hydrogens is 358 g/mol. The van der Waals surface area contributed by atoms with E-state index in [-0.39, 0.29) is 5.97 Å². The fourth-order valence-electron chi connectivity index (χ4n) is 4.11. The second-order valence-electron chi connectivity index (χ2n) is 9.04. The Morgan fingerprint density at radius 3 is 1.85 bits per heavy atom. The maximum absolute atomic E-state index is 12.6. The van der Waals surface area contributed by atoms with Gasteiger partial charge in [0.15, 0.2) is 8.32 Å². The lowest BCUT2D eigenvalue weighted by Gasteiger charge is -2.41. The molecule has 0 radical (unpaired) electrons. The van der Waals surface area contributed by atoms with Crippen LogP contribution in [0, 0.1) is 0 Å². The third kappa shape index (κ3) is 7.83. The first-order valence-electron chi connectivity index (χ1n) is 10.4. The number of hydrogen-bond donors (Lipinski definition) is 0. The summed E-state index contributed by atoms with van der Waals surface area (Å²) in [5.74, 6) is -0.00202. The number of carbonyl (C=O) groups excluding carboxylic acids is 1. The second-order valence-corrected chi connectivity index (χ2v) is 18.8. The van der Waals surface area contributed by atoms with E-state index in [0.29, 0.717) is 23.0 Å². The Labute approximate surface area is 165 Å². The van der Waals surface area contributed by atoms with Crippen molar-refractivity contribution >= 4 is 22.6 Å². The number of carbonyl (C=O) groups is 1. The average Bonchev–Trinajstić information content (AvgIpc) is 2.54. The van der Waals surface area contributed by atoms with Crippen molar-refractivity contribution in [2.75, 3.05) is 26.7 Å². The van der Waals surface area contributed by atoms with E-state index in [1.54, 1.807) is 0 Å². The number of rotatable bonds is 13. The van der Waals surface area contributed by atoms with Gasteiger partial charge in [-0.05, 0) is 55.3 Å². The first-order valence-corrected chi connectivity index (χ1v) is 15.7. The van der Waals surface area contributed by atoms with Crippen molar-refractivity contribution in [3.05, 3.63) is 0 Å². The lowest BCUT2D eigenvalue weighted by atomic mass is 10.3. The fraction of sp³-hybridized carbons (Fsp3) is 0.950. The molecule has 0 heterocycles. The van der Waals surface area contributed by atoms with E-state index in [2.05, 4.69) is 66.5 Å². The van der Waals surface area contributed by atoms with E-state index in [0.717, 1.165) is 32.1 Å². The molecular formula is C20H45NO3Si2. The van der Waals surface area contributed by atoms with E-state index in [4.69, 9.17) is 8.85 Å². The zero-order valence-corrected chi connectivity index (χ0v) is 21.1. The van der Waals surface area contributed by atoms with Crippen molar-refractivity contribution in [1.29, 1.82) is 0 Å². The Morgan fingerprint density at radius 1 is 0.962 bits per heavy atom. The highest BCUT2D eigenvalue weighted by molar-refractivity contribution is 6.78. The fourth-order valence-corrected chi connectivity index (χ4v) is 10.5. The van der Waals surface area contributed by atoms with Crippen LogP contribution in [0.15, 0.2) is 0 Å². The van der Waals surface area contributed by atoms with Gasteiger partial charge in [-0.3, -0.25) is 4.79 Å². The summed E-state index contributed by atoms with van der Waals surface area (Å²) in [6.45, 7) is 22.8. The molecule has 0 fully saturated rings. The molecule has 0 aromatic rings. The first kappa shape index (κ1) is 25.8. The van der Waals surface area contributed by atoms with Gasteiger partial charge in [-0.15, -0.1) is 0 Å². The Kier molecular flexibility index (Phi) is 11.5. The highest BCUT2D eigenvalue weighted by Crippen LogP contribution is 2.42. The first-order chi connectivity index (χ1) is 11.9. The molecule has 156 valence electrons. The van der Waals surface area contributed by atoms with Gasteiger partial charge in [-0.25, -0.2) is 0 Å². The molecule has 4 nitrogen and oxygen atoms in total. The molecule has 0 aliphatic heterocycles. The molecule has 0 bridgehead atoms. The standard InChI is InChI=1S/C20H45NO3Si2/c1-11-21(14-12-16-25(9,10)23-8)15-13-20(22)24-26(17(2)3,18(4)5)19(6)7/h17-19H,11-16H2,1-10H3. The quantitative estimate of drug-likeness (QED) is 0.372. The molecule has 0 saturated carbocycles. The van der Waals surface area contributed by atoms with E-state index < -0.39 is 16.6 Å². The van der Waals surface area contributed by atoms with Crippen LogP contribution in [-0.2, 0) is 13.6 Å². The molecule has 0 aromatic heterocycles. The summed E-state index contributed by atoms with van der Waals surface area (Å²) >= 11 is 0. The van der Waals surface area contributed by atoms with Crippen molar-refractivity contribution in [2.24, 2.45) is 0 Å². The third-order valence-corrected chi connectivity index (χ3v) is 14.5. The maximum Gasteiger partial charge on any atom is 0.293 e. The summed E-state index contributed by atoms with van der Waals surface area (Å²) < 4.78 is 11.9. The molecule has 6 heteroatoms. The molecule has 0 atom stereocenters. The van der Waals surface area contributed by atoms with Crippen molar-refractivity contribution < 1.29 is 13.6 Å². The molecule has 0 N–H and O–H groups in total. The predicted molar refractivity (Wildman–Crippen MR) is 118 cm³/mol. The normalized spacial score (nSPS) is 13.3. The molecule has 0 aliphatic rings. The molecule has 0 unspecified atom stereocenters. The summed E-state index contributed by atoms with van der Waals surface area (Å²) in [6.07, 6.45) is 1.64. The van der Waals surface area contributed by atoms with Crippen LogP contribution < -0.4 is 0 Å². The summed E-state index contributed by atoms with van der Waals surface area (Å²) in [7, 11) is -1.76. The smallest absolute Gasteiger partial charge is 0.293 e. The Balaban J connectivity index is 4.65. The van der Waals surface area contributed by atoms with Gasteiger partial charge < -0.3 is 13.8 Å². The van der Waals surface area contributed by atoms with E-state index in [1.807, 2.05) is 7.11 Å². The highest BCUT2D eigenvalue weighted by atomic mass is 28.4. The molecule has 0 aromatic carbocycles. The monoisotopic (exact) mass is 403 g/mol. The van der Waals surface area contributed by atoms with Crippen molar-refractivity contribution in [3.8, 4) is 0 Å². The lowest BCUT2D eigenvalue weighted by molar-refractivity contribution is -0.136. The lowest BCUT2D eigenvalue weighted by Crippen LogP contribution is -2.49. The van der Waals surface area contributed by atoms with Crippen molar-refractivity contribution in [2.45, 2.75) is 97.1 Å². The van der Waals surface area contributed by atoms with Gasteiger partial charge in [-0.1, -0.05) is 48.5 Å². The summed E-state index contributed by atoms with van der Waals surface area (Å²) in [5.41, 5.74) is 1.32. The maximum atomic E-state index is 12.6. The Morgan fingerprint density at radius 2 is 1.46 bits per heavy atom. The minimum absolute atomic E-state index is 0.00202. The topological polar surface area (TPSA) is 38.8 Å². The summed E-state index contributed by atoms with van der Waals surface area (Å²) in [4.78, 5) is 15.0. The molecule has 26 heavy (non-hydrogen) atoms. The average molecular weight is 404 g/mol. The second kappa shape index (κ2) is 11.6. The van der Waals surface area contributed by atoms with Crippen LogP contribution in [0.25, 0.3) is 0 Å². The van der Waals surface area contributed by atoms with Gasteiger partial charge in [0.2, 0.25) is 0 Å². The van der Waals surface area contributed by atoms with Gasteiger partial charge >= 0.3 is 0 Å². The number of nitrogens with zero attached hydrogens (tertiary/aromatic N) is 1. The van der Waals surface area contributed by atoms with Crippen molar-refractivity contribution in [3.63, 3.8) is 0 Å². The van der Waals surface area contributed by atoms with Crippen LogP contribution in [0.4, 0.5) is 0 Å². The number of hydrogen-bond acceptors (Lipinski definition) is 4. The Bertz CT molecular complexity index is 390.